The molecule has 0 bridgehead atoms. The highest BCUT2D eigenvalue weighted by Gasteiger charge is 2.30. The highest BCUT2D eigenvalue weighted by Crippen LogP contribution is 2.20. The van der Waals surface area contributed by atoms with Gasteiger partial charge in [-0.25, -0.2) is 5.43 Å². The Labute approximate surface area is 85.4 Å². The Bertz CT molecular complexity index is 454. The van der Waals surface area contributed by atoms with Gasteiger partial charge in [0.05, 0.1) is 5.56 Å². The average Bonchev–Trinajstić information content (AvgIpc) is 2.64. The van der Waals surface area contributed by atoms with Crippen LogP contribution in [-0.4, -0.2) is 23.0 Å². The third kappa shape index (κ3) is 1.59. The fourth-order valence-electron chi connectivity index (χ4n) is 1.35. The van der Waals surface area contributed by atoms with Crippen molar-refractivity contribution in [1.29, 1.82) is 0 Å². The first-order chi connectivity index (χ1) is 7.20. The number of Topliss-reactive ketones (excluding diaryl/α,β-unsaturated/α-hetero) is 1. The topological polar surface area (TPSA) is 78.8 Å². The number of para-hydroxylation sites is 1. The molecule has 1 aliphatic heterocycles. The largest absolute Gasteiger partial charge is 0.507 e. The zero-order chi connectivity index (χ0) is 10.8. The van der Waals surface area contributed by atoms with Crippen LogP contribution in [0, 0.1) is 5.92 Å². The van der Waals surface area contributed by atoms with Crippen LogP contribution >= 0.6 is 0 Å². The number of hydrogen-bond donors (Lipinski definition) is 2. The number of ketones is 1. The lowest BCUT2D eigenvalue weighted by Crippen LogP contribution is -2.27. The number of nitrogens with zero attached hydrogens (tertiary/aromatic N) is 1. The minimum Gasteiger partial charge on any atom is -0.507 e. The highest BCUT2D eigenvalue weighted by molar-refractivity contribution is 6.22. The normalized spacial score (nSPS) is 18.9. The van der Waals surface area contributed by atoms with E-state index in [4.69, 9.17) is 0 Å². The van der Waals surface area contributed by atoms with Crippen molar-refractivity contribution in [2.24, 2.45) is 11.0 Å². The molecule has 0 radical (unpaired) electrons. The molecule has 0 aliphatic carbocycles. The van der Waals surface area contributed by atoms with Gasteiger partial charge in [0.1, 0.15) is 11.7 Å². The first kappa shape index (κ1) is 9.39. The van der Waals surface area contributed by atoms with Crippen molar-refractivity contribution in [2.75, 3.05) is 0 Å². The third-order valence-electron chi connectivity index (χ3n) is 2.13. The number of phenols is 1. The molecule has 1 aromatic carbocycles. The molecule has 5 nitrogen and oxygen atoms in total. The van der Waals surface area contributed by atoms with Crippen LogP contribution < -0.4 is 5.43 Å². The maximum absolute atomic E-state index is 11.8. The van der Waals surface area contributed by atoms with E-state index in [-0.39, 0.29) is 11.3 Å². The van der Waals surface area contributed by atoms with Gasteiger partial charge in [-0.15, -0.1) is 0 Å². The molecular weight excluding hydrogens is 196 g/mol. The molecule has 0 saturated carbocycles. The Balaban J connectivity index is 2.32. The Morgan fingerprint density at radius 3 is 2.73 bits per heavy atom. The summed E-state index contributed by atoms with van der Waals surface area (Å²) in [6.07, 6.45) is 1.23. The SMILES string of the molecule is O=C1NN=CC1C(=O)c1ccccc1O. The van der Waals surface area contributed by atoms with E-state index in [0.29, 0.717) is 0 Å². The van der Waals surface area contributed by atoms with Crippen LogP contribution in [0.3, 0.4) is 0 Å². The first-order valence-corrected chi connectivity index (χ1v) is 4.35. The maximum Gasteiger partial charge on any atom is 0.256 e. The number of hydrogen-bond acceptors (Lipinski definition) is 4. The summed E-state index contributed by atoms with van der Waals surface area (Å²) < 4.78 is 0. The van der Waals surface area contributed by atoms with Crippen molar-refractivity contribution in [3.05, 3.63) is 29.8 Å². The summed E-state index contributed by atoms with van der Waals surface area (Å²) in [5.74, 6) is -1.98. The van der Waals surface area contributed by atoms with Crippen LogP contribution in [0.25, 0.3) is 0 Å². The lowest BCUT2D eigenvalue weighted by Gasteiger charge is -2.05. The van der Waals surface area contributed by atoms with E-state index >= 15 is 0 Å². The quantitative estimate of drug-likeness (QED) is 0.537. The Morgan fingerprint density at radius 1 is 1.40 bits per heavy atom. The molecule has 0 aromatic heterocycles. The molecule has 2 rings (SSSR count). The molecule has 1 atom stereocenters. The number of carbonyl (C=O) groups excluding carboxylic acids is 2. The van der Waals surface area contributed by atoms with E-state index in [1.165, 1.54) is 18.3 Å². The monoisotopic (exact) mass is 204 g/mol. The highest BCUT2D eigenvalue weighted by atomic mass is 16.3. The number of amides is 1. The number of nitrogens with one attached hydrogen (secondary N) is 1. The van der Waals surface area contributed by atoms with E-state index in [1.807, 2.05) is 0 Å². The van der Waals surface area contributed by atoms with Gasteiger partial charge in [-0.05, 0) is 12.1 Å². The van der Waals surface area contributed by atoms with Crippen molar-refractivity contribution in [3.63, 3.8) is 0 Å². The van der Waals surface area contributed by atoms with Crippen LogP contribution in [0.5, 0.6) is 5.75 Å². The van der Waals surface area contributed by atoms with Gasteiger partial charge in [-0.1, -0.05) is 12.1 Å². The second-order valence-electron chi connectivity index (χ2n) is 3.11. The lowest BCUT2D eigenvalue weighted by atomic mass is 9.98. The summed E-state index contributed by atoms with van der Waals surface area (Å²) in [6, 6.07) is 6.10. The van der Waals surface area contributed by atoms with Crippen LogP contribution in [0.15, 0.2) is 29.4 Å². The average molecular weight is 204 g/mol. The van der Waals surface area contributed by atoms with Gasteiger partial charge in [-0.3, -0.25) is 9.59 Å². The molecule has 76 valence electrons. The van der Waals surface area contributed by atoms with Crippen LogP contribution in [0.4, 0.5) is 0 Å². The number of benzene rings is 1. The number of carbonyl (C=O) groups is 2. The standard InChI is InChI=1S/C10H8N2O3/c13-8-4-2-1-3-6(8)9(14)7-5-11-12-10(7)15/h1-5,7,13H,(H,12,15). The minimum absolute atomic E-state index is 0.129. The van der Waals surface area contributed by atoms with Crippen molar-refractivity contribution in [3.8, 4) is 5.75 Å². The Morgan fingerprint density at radius 2 is 2.13 bits per heavy atom. The van der Waals surface area contributed by atoms with E-state index in [1.54, 1.807) is 12.1 Å². The smallest absolute Gasteiger partial charge is 0.256 e. The fourth-order valence-corrected chi connectivity index (χ4v) is 1.35. The summed E-state index contributed by atoms with van der Waals surface area (Å²) >= 11 is 0. The molecule has 0 fully saturated rings. The van der Waals surface area contributed by atoms with Gasteiger partial charge in [-0.2, -0.15) is 5.10 Å². The molecular formula is C10H8N2O3. The van der Waals surface area contributed by atoms with E-state index in [0.717, 1.165) is 0 Å². The Kier molecular flexibility index (Phi) is 2.21. The summed E-state index contributed by atoms with van der Waals surface area (Å²) in [7, 11) is 0. The van der Waals surface area contributed by atoms with E-state index < -0.39 is 17.6 Å². The summed E-state index contributed by atoms with van der Waals surface area (Å²) in [5, 5.41) is 12.9. The molecule has 1 heterocycles. The van der Waals surface area contributed by atoms with Crippen molar-refractivity contribution >= 4 is 17.9 Å². The number of rotatable bonds is 2. The predicted molar refractivity (Wildman–Crippen MR) is 52.6 cm³/mol. The second kappa shape index (κ2) is 3.53. The molecule has 1 amide bonds. The van der Waals surface area contributed by atoms with Crippen molar-refractivity contribution in [2.45, 2.75) is 0 Å². The van der Waals surface area contributed by atoms with Gasteiger partial charge in [0.15, 0.2) is 5.78 Å². The third-order valence-corrected chi connectivity index (χ3v) is 2.13. The summed E-state index contributed by atoms with van der Waals surface area (Å²) in [5.41, 5.74) is 2.30. The lowest BCUT2D eigenvalue weighted by molar-refractivity contribution is -0.120. The van der Waals surface area contributed by atoms with Crippen LogP contribution in [0.1, 0.15) is 10.4 Å². The molecule has 15 heavy (non-hydrogen) atoms. The molecule has 1 aromatic rings. The number of phenolic OH excluding ortho intramolecular Hbond substituents is 1. The molecule has 0 saturated heterocycles. The van der Waals surface area contributed by atoms with Gasteiger partial charge in [0, 0.05) is 6.21 Å². The van der Waals surface area contributed by atoms with Crippen LogP contribution in [0.2, 0.25) is 0 Å². The van der Waals surface area contributed by atoms with Crippen LogP contribution in [-0.2, 0) is 4.79 Å². The number of aromatic hydroxyl groups is 1. The molecule has 0 spiro atoms. The fraction of sp³-hybridized carbons (Fsp3) is 0.100. The van der Waals surface area contributed by atoms with Gasteiger partial charge < -0.3 is 5.11 Å². The van der Waals surface area contributed by atoms with Gasteiger partial charge >= 0.3 is 0 Å². The first-order valence-electron chi connectivity index (χ1n) is 4.35. The van der Waals surface area contributed by atoms with Crippen molar-refractivity contribution in [1.82, 2.24) is 5.43 Å². The van der Waals surface area contributed by atoms with Gasteiger partial charge in [0.2, 0.25) is 0 Å². The molecule has 1 aliphatic rings. The zero-order valence-electron chi connectivity index (χ0n) is 7.68. The summed E-state index contributed by atoms with van der Waals surface area (Å²) in [6.45, 7) is 0. The predicted octanol–water partition coefficient (Wildman–Crippen LogP) is 0.307. The molecule has 1 unspecified atom stereocenters. The maximum atomic E-state index is 11.8. The van der Waals surface area contributed by atoms with E-state index in [2.05, 4.69) is 10.5 Å². The summed E-state index contributed by atoms with van der Waals surface area (Å²) in [4.78, 5) is 22.9. The number of hydrazone groups is 1. The molecule has 5 heteroatoms. The minimum atomic E-state index is -0.932. The molecule has 2 N–H and O–H groups in total. The van der Waals surface area contributed by atoms with Gasteiger partial charge in [0.25, 0.3) is 5.91 Å². The van der Waals surface area contributed by atoms with E-state index in [9.17, 15) is 14.7 Å². The van der Waals surface area contributed by atoms with Crippen molar-refractivity contribution < 1.29 is 14.7 Å². The second-order valence-corrected chi connectivity index (χ2v) is 3.11. The Hall–Kier alpha value is -2.17. The zero-order valence-corrected chi connectivity index (χ0v) is 7.68.